The molecule has 8 heteroatoms. The molecule has 19 heavy (non-hydrogen) atoms. The summed E-state index contributed by atoms with van der Waals surface area (Å²) >= 11 is 0. The van der Waals surface area contributed by atoms with E-state index < -0.39 is 36.7 Å². The summed E-state index contributed by atoms with van der Waals surface area (Å²) in [5.41, 5.74) is -0.790. The first-order valence-corrected chi connectivity index (χ1v) is 5.75. The van der Waals surface area contributed by atoms with Crippen molar-refractivity contribution in [2.75, 3.05) is 13.6 Å². The number of carboxylic acids is 1. The van der Waals surface area contributed by atoms with Crippen molar-refractivity contribution in [1.82, 2.24) is 10.2 Å². The molecular formula is C11H19F3N2O3. The summed E-state index contributed by atoms with van der Waals surface area (Å²) in [4.78, 5) is 23.0. The lowest BCUT2D eigenvalue weighted by atomic mass is 9.99. The number of rotatable bonds is 6. The SMILES string of the molecule is CN(CCC(F)(F)F)C(=O)NC(C)(C)CCC(=O)O. The van der Waals surface area contributed by atoms with Crippen LogP contribution in [0.1, 0.15) is 33.1 Å². The fourth-order valence-electron chi connectivity index (χ4n) is 1.26. The number of halogens is 3. The van der Waals surface area contributed by atoms with Crippen LogP contribution in [0.15, 0.2) is 0 Å². The molecule has 0 spiro atoms. The smallest absolute Gasteiger partial charge is 0.390 e. The number of amides is 2. The predicted octanol–water partition coefficient (Wildman–Crippen LogP) is 2.22. The molecule has 0 atom stereocenters. The molecular weight excluding hydrogens is 265 g/mol. The van der Waals surface area contributed by atoms with Gasteiger partial charge in [0.25, 0.3) is 0 Å². The number of nitrogens with zero attached hydrogens (tertiary/aromatic N) is 1. The molecule has 0 saturated carbocycles. The monoisotopic (exact) mass is 284 g/mol. The van der Waals surface area contributed by atoms with Crippen LogP contribution in [0.3, 0.4) is 0 Å². The average Bonchev–Trinajstić information content (AvgIpc) is 2.21. The topological polar surface area (TPSA) is 69.6 Å². The van der Waals surface area contributed by atoms with E-state index in [9.17, 15) is 22.8 Å². The standard InChI is InChI=1S/C11H19F3N2O3/c1-10(2,5-4-8(17)18)15-9(19)16(3)7-6-11(12,13)14/h4-7H2,1-3H3,(H,15,19)(H,17,18). The van der Waals surface area contributed by atoms with Crippen molar-refractivity contribution >= 4 is 12.0 Å². The van der Waals surface area contributed by atoms with Crippen molar-refractivity contribution < 1.29 is 27.9 Å². The van der Waals surface area contributed by atoms with Crippen molar-refractivity contribution in [3.05, 3.63) is 0 Å². The number of alkyl halides is 3. The van der Waals surface area contributed by atoms with Gasteiger partial charge in [-0.3, -0.25) is 4.79 Å². The van der Waals surface area contributed by atoms with Crippen LogP contribution in [0.25, 0.3) is 0 Å². The van der Waals surface area contributed by atoms with Crippen LogP contribution >= 0.6 is 0 Å². The van der Waals surface area contributed by atoms with Crippen LogP contribution in [0.4, 0.5) is 18.0 Å². The lowest BCUT2D eigenvalue weighted by molar-refractivity contribution is -0.138. The molecule has 112 valence electrons. The number of aliphatic carboxylic acids is 1. The minimum atomic E-state index is -4.31. The molecule has 0 unspecified atom stereocenters. The van der Waals surface area contributed by atoms with Gasteiger partial charge in [0.15, 0.2) is 0 Å². The first-order chi connectivity index (χ1) is 8.43. The first kappa shape index (κ1) is 17.5. The lowest BCUT2D eigenvalue weighted by Gasteiger charge is -2.29. The minimum Gasteiger partial charge on any atom is -0.481 e. The molecule has 2 N–H and O–H groups in total. The van der Waals surface area contributed by atoms with Gasteiger partial charge in [0.05, 0.1) is 6.42 Å². The lowest BCUT2D eigenvalue weighted by Crippen LogP contribution is -2.49. The summed E-state index contributed by atoms with van der Waals surface area (Å²) in [5, 5.41) is 11.0. The Morgan fingerprint density at radius 1 is 1.21 bits per heavy atom. The van der Waals surface area contributed by atoms with Crippen molar-refractivity contribution in [3.8, 4) is 0 Å². The Labute approximate surface area is 109 Å². The summed E-state index contributed by atoms with van der Waals surface area (Å²) in [7, 11) is 1.26. The van der Waals surface area contributed by atoms with Gasteiger partial charge in [-0.2, -0.15) is 13.2 Å². The molecule has 0 aliphatic heterocycles. The molecule has 0 heterocycles. The normalized spacial score (nSPS) is 12.1. The summed E-state index contributed by atoms with van der Waals surface area (Å²) in [6.45, 7) is 2.79. The summed E-state index contributed by atoms with van der Waals surface area (Å²) in [5.74, 6) is -0.993. The maximum absolute atomic E-state index is 12.0. The Hall–Kier alpha value is -1.47. The molecule has 0 aromatic rings. The van der Waals surface area contributed by atoms with Gasteiger partial charge in [0.1, 0.15) is 0 Å². The van der Waals surface area contributed by atoms with E-state index in [4.69, 9.17) is 5.11 Å². The van der Waals surface area contributed by atoms with Crippen LogP contribution in [0, 0.1) is 0 Å². The molecule has 2 amide bonds. The van der Waals surface area contributed by atoms with Gasteiger partial charge in [-0.1, -0.05) is 0 Å². The second-order valence-electron chi connectivity index (χ2n) is 4.99. The number of urea groups is 1. The van der Waals surface area contributed by atoms with E-state index in [1.54, 1.807) is 13.8 Å². The van der Waals surface area contributed by atoms with E-state index in [0.717, 1.165) is 4.90 Å². The van der Waals surface area contributed by atoms with E-state index in [1.165, 1.54) is 7.05 Å². The number of carbonyl (C=O) groups is 2. The van der Waals surface area contributed by atoms with Crippen LogP contribution in [-0.2, 0) is 4.79 Å². The first-order valence-electron chi connectivity index (χ1n) is 5.75. The number of carbonyl (C=O) groups excluding carboxylic acids is 1. The molecule has 0 aliphatic carbocycles. The van der Waals surface area contributed by atoms with E-state index in [-0.39, 0.29) is 12.8 Å². The Morgan fingerprint density at radius 3 is 2.16 bits per heavy atom. The van der Waals surface area contributed by atoms with E-state index in [1.807, 2.05) is 0 Å². The third-order valence-corrected chi connectivity index (χ3v) is 2.49. The molecule has 5 nitrogen and oxygen atoms in total. The fourth-order valence-corrected chi connectivity index (χ4v) is 1.26. The Morgan fingerprint density at radius 2 is 1.74 bits per heavy atom. The van der Waals surface area contributed by atoms with Crippen molar-refractivity contribution in [1.29, 1.82) is 0 Å². The Kier molecular flexibility index (Phi) is 6.11. The van der Waals surface area contributed by atoms with Crippen LogP contribution in [0.5, 0.6) is 0 Å². The van der Waals surface area contributed by atoms with Gasteiger partial charge < -0.3 is 15.3 Å². The highest BCUT2D eigenvalue weighted by atomic mass is 19.4. The molecule has 0 aromatic carbocycles. The van der Waals surface area contributed by atoms with Crippen molar-refractivity contribution in [2.45, 2.75) is 44.8 Å². The number of hydrogen-bond donors (Lipinski definition) is 2. The molecule has 0 aliphatic rings. The molecule has 0 rings (SSSR count). The fraction of sp³-hybridized carbons (Fsp3) is 0.818. The zero-order valence-electron chi connectivity index (χ0n) is 11.2. The van der Waals surface area contributed by atoms with Crippen molar-refractivity contribution in [3.63, 3.8) is 0 Å². The maximum Gasteiger partial charge on any atom is 0.390 e. The van der Waals surface area contributed by atoms with Gasteiger partial charge in [0.2, 0.25) is 0 Å². The molecule has 0 bridgehead atoms. The quantitative estimate of drug-likeness (QED) is 0.785. The third kappa shape index (κ3) is 9.15. The minimum absolute atomic E-state index is 0.125. The van der Waals surface area contributed by atoms with Gasteiger partial charge in [-0.15, -0.1) is 0 Å². The van der Waals surface area contributed by atoms with E-state index in [2.05, 4.69) is 5.32 Å². The number of nitrogens with one attached hydrogen (secondary N) is 1. The molecule has 0 aromatic heterocycles. The average molecular weight is 284 g/mol. The van der Waals surface area contributed by atoms with Crippen LogP contribution in [0.2, 0.25) is 0 Å². The number of carboxylic acid groups (broad SMARTS) is 1. The number of hydrogen-bond acceptors (Lipinski definition) is 2. The highest BCUT2D eigenvalue weighted by molar-refractivity contribution is 5.74. The Bertz CT molecular complexity index is 330. The highest BCUT2D eigenvalue weighted by Gasteiger charge is 2.29. The van der Waals surface area contributed by atoms with Gasteiger partial charge in [0, 0.05) is 25.6 Å². The van der Waals surface area contributed by atoms with Crippen molar-refractivity contribution in [2.24, 2.45) is 0 Å². The third-order valence-electron chi connectivity index (χ3n) is 2.49. The largest absolute Gasteiger partial charge is 0.481 e. The van der Waals surface area contributed by atoms with Gasteiger partial charge in [-0.25, -0.2) is 4.79 Å². The van der Waals surface area contributed by atoms with E-state index in [0.29, 0.717) is 0 Å². The maximum atomic E-state index is 12.0. The second-order valence-corrected chi connectivity index (χ2v) is 4.99. The van der Waals surface area contributed by atoms with E-state index >= 15 is 0 Å². The summed E-state index contributed by atoms with van der Waals surface area (Å²) in [6, 6.07) is -0.653. The zero-order chi connectivity index (χ0) is 15.3. The molecule has 0 saturated heterocycles. The van der Waals surface area contributed by atoms with Crippen LogP contribution < -0.4 is 5.32 Å². The summed E-state index contributed by atoms with van der Waals surface area (Å²) in [6.07, 6.45) is -5.32. The second kappa shape index (κ2) is 6.63. The highest BCUT2D eigenvalue weighted by Crippen LogP contribution is 2.19. The van der Waals surface area contributed by atoms with Gasteiger partial charge in [-0.05, 0) is 20.3 Å². The van der Waals surface area contributed by atoms with Crippen LogP contribution in [-0.4, -0.2) is 47.3 Å². The predicted molar refractivity (Wildman–Crippen MR) is 62.8 cm³/mol. The van der Waals surface area contributed by atoms with Gasteiger partial charge >= 0.3 is 18.2 Å². The molecule has 0 fully saturated rings. The zero-order valence-corrected chi connectivity index (χ0v) is 11.2. The Balaban J connectivity index is 4.23. The summed E-state index contributed by atoms with van der Waals surface area (Å²) < 4.78 is 36.0. The molecule has 0 radical (unpaired) electrons.